The molecule has 330 valence electrons. The van der Waals surface area contributed by atoms with E-state index in [1.807, 2.05) is 84.9 Å². The fourth-order valence-electron chi connectivity index (χ4n) is 11.5. The van der Waals surface area contributed by atoms with Gasteiger partial charge in [-0.3, -0.25) is 0 Å². The van der Waals surface area contributed by atoms with Crippen LogP contribution >= 0.6 is 0 Å². The predicted molar refractivity (Wildman–Crippen MR) is 288 cm³/mol. The number of para-hydroxylation sites is 6. The molecule has 0 amide bonds. The highest BCUT2D eigenvalue weighted by Gasteiger charge is 2.25. The molecule has 4 aromatic heterocycles. The summed E-state index contributed by atoms with van der Waals surface area (Å²) in [6.07, 6.45) is 0. The van der Waals surface area contributed by atoms with Crippen LogP contribution in [0.5, 0.6) is 0 Å². The molecule has 72 heavy (non-hydrogen) atoms. The molecule has 0 saturated carbocycles. The third-order valence-corrected chi connectivity index (χ3v) is 14.5. The molecule has 0 saturated heterocycles. The second-order valence-electron chi connectivity index (χ2n) is 18.1. The smallest absolute Gasteiger partial charge is 0.101 e. The van der Waals surface area contributed by atoms with Crippen molar-refractivity contribution in [3.8, 4) is 58.2 Å². The highest BCUT2D eigenvalue weighted by atomic mass is 15.0. The van der Waals surface area contributed by atoms with Crippen LogP contribution in [0.3, 0.4) is 0 Å². The number of hydrogen-bond acceptors (Lipinski definition) is 4. The molecule has 0 radical (unpaired) electrons. The van der Waals surface area contributed by atoms with Gasteiger partial charge in [0.05, 0.1) is 89.1 Å². The zero-order valence-electron chi connectivity index (χ0n) is 38.2. The zero-order valence-corrected chi connectivity index (χ0v) is 38.2. The fraction of sp³-hybridized carbons (Fsp3) is 0. The summed E-state index contributed by atoms with van der Waals surface area (Å²) in [5.74, 6) is 0. The molecule has 14 aromatic rings. The van der Waals surface area contributed by atoms with Gasteiger partial charge in [-0.2, -0.15) is 21.0 Å². The summed E-state index contributed by atoms with van der Waals surface area (Å²) in [5.41, 5.74) is 13.9. The second kappa shape index (κ2) is 15.4. The van der Waals surface area contributed by atoms with Crippen molar-refractivity contribution in [2.45, 2.75) is 0 Å². The number of nitriles is 4. The average Bonchev–Trinajstić information content (AvgIpc) is 4.17. The van der Waals surface area contributed by atoms with E-state index in [2.05, 4.69) is 152 Å². The molecule has 0 aliphatic rings. The topological polar surface area (TPSA) is 115 Å². The summed E-state index contributed by atoms with van der Waals surface area (Å²) in [6.45, 7) is 0. The maximum absolute atomic E-state index is 10.8. The van der Waals surface area contributed by atoms with Gasteiger partial charge in [-0.1, -0.05) is 127 Å². The van der Waals surface area contributed by atoms with E-state index < -0.39 is 0 Å². The Balaban J connectivity index is 0.992. The first kappa shape index (κ1) is 40.4. The quantitative estimate of drug-likeness (QED) is 0.171. The Bertz CT molecular complexity index is 4760. The molecular weight excluding hydrogens is 881 g/mol. The molecule has 8 nitrogen and oxygen atoms in total. The lowest BCUT2D eigenvalue weighted by Crippen LogP contribution is -2.04. The van der Waals surface area contributed by atoms with Gasteiger partial charge in [0.1, 0.15) is 24.3 Å². The molecule has 4 heterocycles. The molecule has 8 heteroatoms. The molecule has 14 rings (SSSR count). The van der Waals surface area contributed by atoms with E-state index in [0.717, 1.165) is 98.4 Å². The van der Waals surface area contributed by atoms with Gasteiger partial charge in [0.15, 0.2) is 0 Å². The van der Waals surface area contributed by atoms with Crippen molar-refractivity contribution in [2.75, 3.05) is 0 Å². The molecule has 0 aliphatic carbocycles. The number of hydrogen-bond donors (Lipinski definition) is 0. The Kier molecular flexibility index (Phi) is 8.67. The third-order valence-electron chi connectivity index (χ3n) is 14.5. The predicted octanol–water partition coefficient (Wildman–Crippen LogP) is 15.2. The van der Waals surface area contributed by atoms with Crippen molar-refractivity contribution in [2.24, 2.45) is 0 Å². The summed E-state index contributed by atoms with van der Waals surface area (Å²) in [5, 5.41) is 51.4. The Morgan fingerprint density at radius 3 is 0.944 bits per heavy atom. The minimum Gasteiger partial charge on any atom is -0.308 e. The monoisotopic (exact) mass is 914 g/mol. The second-order valence-corrected chi connectivity index (χ2v) is 18.1. The van der Waals surface area contributed by atoms with Crippen molar-refractivity contribution >= 4 is 87.2 Å². The standard InChI is InChI=1S/C64H34N8/c65-35-40-30-42(37-67)62(33-60(40)69-52-21-7-1-14-45(52)46-15-2-8-22-53(46)69)71-56-25-11-5-18-49(56)51-32-39(28-29-58(51)71)44-20-13-27-59-64(44)50-19-6-12-26-57(50)72(59)63-34-61(41(36-66)31-43(63)38-68)70-54-23-9-3-16-47(54)48-17-4-10-24-55(48)70/h1-34H. The van der Waals surface area contributed by atoms with E-state index in [4.69, 9.17) is 0 Å². The summed E-state index contributed by atoms with van der Waals surface area (Å²) < 4.78 is 8.60. The maximum Gasteiger partial charge on any atom is 0.101 e. The van der Waals surface area contributed by atoms with Gasteiger partial charge in [0, 0.05) is 43.1 Å². The molecule has 0 aliphatic heterocycles. The van der Waals surface area contributed by atoms with Crippen LogP contribution in [0.4, 0.5) is 0 Å². The Hall–Kier alpha value is -10.6. The SMILES string of the molecule is N#Cc1cc(C#N)c(-n2c3ccccc3c3cc(-c4cccc5c4c4ccccc4n5-c4cc(-n5c6ccccc6c6ccccc65)c(C#N)cc4C#N)ccc32)cc1-n1c2ccccc2c2ccccc21. The van der Waals surface area contributed by atoms with E-state index in [1.54, 1.807) is 12.1 Å². The molecular formula is C64H34N8. The first-order chi connectivity index (χ1) is 35.6. The normalized spacial score (nSPS) is 11.6. The lowest BCUT2D eigenvalue weighted by molar-refractivity contribution is 1.12. The molecule has 0 fully saturated rings. The average molecular weight is 915 g/mol. The highest BCUT2D eigenvalue weighted by molar-refractivity contribution is 6.18. The molecule has 0 spiro atoms. The summed E-state index contributed by atoms with van der Waals surface area (Å²) in [4.78, 5) is 0. The molecule has 10 aromatic carbocycles. The van der Waals surface area contributed by atoms with E-state index in [9.17, 15) is 21.0 Å². The van der Waals surface area contributed by atoms with Crippen LogP contribution in [0.25, 0.3) is 121 Å². The Labute approximate surface area is 411 Å². The van der Waals surface area contributed by atoms with Gasteiger partial charge in [-0.15, -0.1) is 0 Å². The number of benzene rings is 10. The van der Waals surface area contributed by atoms with E-state index in [-0.39, 0.29) is 0 Å². The highest BCUT2D eigenvalue weighted by Crippen LogP contribution is 2.44. The first-order valence-corrected chi connectivity index (χ1v) is 23.6. The van der Waals surface area contributed by atoms with Crippen molar-refractivity contribution in [3.05, 3.63) is 229 Å². The van der Waals surface area contributed by atoms with Crippen molar-refractivity contribution in [3.63, 3.8) is 0 Å². The van der Waals surface area contributed by atoms with Gasteiger partial charge in [0.2, 0.25) is 0 Å². The van der Waals surface area contributed by atoms with E-state index in [0.29, 0.717) is 45.0 Å². The summed E-state index contributed by atoms with van der Waals surface area (Å²) in [7, 11) is 0. The maximum atomic E-state index is 10.8. The fourth-order valence-corrected chi connectivity index (χ4v) is 11.5. The largest absolute Gasteiger partial charge is 0.308 e. The van der Waals surface area contributed by atoms with Crippen LogP contribution in [-0.2, 0) is 0 Å². The van der Waals surface area contributed by atoms with Crippen molar-refractivity contribution < 1.29 is 0 Å². The number of nitrogens with zero attached hydrogens (tertiary/aromatic N) is 8. The molecule has 0 unspecified atom stereocenters. The molecule has 0 bridgehead atoms. The van der Waals surface area contributed by atoms with Crippen molar-refractivity contribution in [1.82, 2.24) is 18.3 Å². The van der Waals surface area contributed by atoms with Crippen LogP contribution in [-0.4, -0.2) is 18.3 Å². The van der Waals surface area contributed by atoms with Gasteiger partial charge in [-0.25, -0.2) is 0 Å². The number of fused-ring (bicyclic) bond motifs is 12. The van der Waals surface area contributed by atoms with E-state index >= 15 is 0 Å². The van der Waals surface area contributed by atoms with Gasteiger partial charge >= 0.3 is 0 Å². The zero-order chi connectivity index (χ0) is 48.2. The minimum atomic E-state index is 0.388. The third kappa shape index (κ3) is 5.58. The summed E-state index contributed by atoms with van der Waals surface area (Å²) in [6, 6.07) is 79.5. The molecule has 0 atom stereocenters. The van der Waals surface area contributed by atoms with Crippen LogP contribution < -0.4 is 0 Å². The first-order valence-electron chi connectivity index (χ1n) is 23.6. The summed E-state index contributed by atoms with van der Waals surface area (Å²) >= 11 is 0. The minimum absolute atomic E-state index is 0.388. The van der Waals surface area contributed by atoms with Crippen LogP contribution in [0, 0.1) is 45.3 Å². The molecule has 0 N–H and O–H groups in total. The number of rotatable bonds is 5. The van der Waals surface area contributed by atoms with Crippen LogP contribution in [0.15, 0.2) is 206 Å². The van der Waals surface area contributed by atoms with Gasteiger partial charge in [-0.05, 0) is 90.0 Å². The van der Waals surface area contributed by atoms with Gasteiger partial charge in [0.25, 0.3) is 0 Å². The van der Waals surface area contributed by atoms with Gasteiger partial charge < -0.3 is 18.3 Å². The van der Waals surface area contributed by atoms with E-state index in [1.165, 1.54) is 0 Å². The lowest BCUT2D eigenvalue weighted by atomic mass is 9.98. The lowest BCUT2D eigenvalue weighted by Gasteiger charge is -2.16. The number of aromatic nitrogens is 4. The van der Waals surface area contributed by atoms with Crippen LogP contribution in [0.1, 0.15) is 22.3 Å². The van der Waals surface area contributed by atoms with Crippen LogP contribution in [0.2, 0.25) is 0 Å². The van der Waals surface area contributed by atoms with Crippen molar-refractivity contribution in [1.29, 1.82) is 21.0 Å². The Morgan fingerprint density at radius 2 is 0.556 bits per heavy atom. The Morgan fingerprint density at radius 1 is 0.250 bits per heavy atom.